The Kier molecular flexibility index (Phi) is 4.05. The molecule has 0 aliphatic carbocycles. The molecule has 1 unspecified atom stereocenters. The van der Waals surface area contributed by atoms with E-state index >= 15 is 0 Å². The number of likely N-dealkylation sites (tertiary alicyclic amines) is 1. The first-order valence-electron chi connectivity index (χ1n) is 6.84. The van der Waals surface area contributed by atoms with Crippen LogP contribution in [0.2, 0.25) is 0 Å². The van der Waals surface area contributed by atoms with Gasteiger partial charge in [-0.05, 0) is 48.4 Å². The van der Waals surface area contributed by atoms with Gasteiger partial charge < -0.3 is 4.90 Å². The zero-order valence-corrected chi connectivity index (χ0v) is 13.8. The van der Waals surface area contributed by atoms with E-state index in [9.17, 15) is 4.79 Å². The van der Waals surface area contributed by atoms with Crippen LogP contribution in [0, 0.1) is 18.3 Å². The van der Waals surface area contributed by atoms with Crippen LogP contribution in [0.25, 0.3) is 0 Å². The number of hydrogen-bond acceptors (Lipinski definition) is 1. The van der Waals surface area contributed by atoms with Crippen molar-refractivity contribution < 1.29 is 4.79 Å². The number of hydrogen-bond donors (Lipinski definition) is 0. The number of aryl methyl sites for hydroxylation is 1. The van der Waals surface area contributed by atoms with Crippen LogP contribution in [0.15, 0.2) is 22.7 Å². The Hall–Kier alpha value is -0.830. The lowest BCUT2D eigenvalue weighted by molar-refractivity contribution is 0.0776. The topological polar surface area (TPSA) is 20.3 Å². The van der Waals surface area contributed by atoms with E-state index in [1.807, 2.05) is 30.0 Å². The van der Waals surface area contributed by atoms with Crippen molar-refractivity contribution in [1.29, 1.82) is 0 Å². The van der Waals surface area contributed by atoms with Gasteiger partial charge in [0.15, 0.2) is 0 Å². The van der Waals surface area contributed by atoms with E-state index in [0.29, 0.717) is 5.92 Å². The van der Waals surface area contributed by atoms with Crippen molar-refractivity contribution in [2.45, 2.75) is 34.1 Å². The molecule has 1 aromatic rings. The first-order chi connectivity index (χ1) is 8.77. The number of rotatable bonds is 1. The van der Waals surface area contributed by atoms with E-state index < -0.39 is 0 Å². The lowest BCUT2D eigenvalue weighted by Gasteiger charge is -2.27. The maximum absolute atomic E-state index is 12.5. The van der Waals surface area contributed by atoms with Crippen LogP contribution in [0.1, 0.15) is 43.1 Å². The molecule has 1 heterocycles. The molecular formula is C16H22BrNO. The zero-order chi connectivity index (χ0) is 14.2. The maximum atomic E-state index is 12.5. The molecule has 2 nitrogen and oxygen atoms in total. The summed E-state index contributed by atoms with van der Waals surface area (Å²) in [4.78, 5) is 14.5. The molecule has 0 aromatic heterocycles. The minimum Gasteiger partial charge on any atom is -0.338 e. The molecule has 2 rings (SSSR count). The number of amides is 1. The van der Waals surface area contributed by atoms with Gasteiger partial charge in [0.05, 0.1) is 0 Å². The van der Waals surface area contributed by atoms with Crippen LogP contribution in [-0.4, -0.2) is 23.9 Å². The predicted octanol–water partition coefficient (Wildman–Crippen LogP) is 4.27. The summed E-state index contributed by atoms with van der Waals surface area (Å²) in [6, 6.07) is 5.91. The Balaban J connectivity index is 2.13. The van der Waals surface area contributed by atoms with Gasteiger partial charge in [0.1, 0.15) is 0 Å². The fourth-order valence-electron chi connectivity index (χ4n) is 2.69. The zero-order valence-electron chi connectivity index (χ0n) is 12.2. The number of nitrogens with zero attached hydrogens (tertiary/aromatic N) is 1. The highest BCUT2D eigenvalue weighted by Gasteiger charge is 2.34. The van der Waals surface area contributed by atoms with Crippen molar-refractivity contribution in [2.75, 3.05) is 13.1 Å². The Bertz CT molecular complexity index is 470. The Morgan fingerprint density at radius 3 is 2.53 bits per heavy atom. The third-order valence-corrected chi connectivity index (χ3v) is 4.45. The predicted molar refractivity (Wildman–Crippen MR) is 82.3 cm³/mol. The van der Waals surface area contributed by atoms with Gasteiger partial charge in [0, 0.05) is 23.1 Å². The Morgan fingerprint density at radius 2 is 2.00 bits per heavy atom. The van der Waals surface area contributed by atoms with Gasteiger partial charge in [0.25, 0.3) is 5.91 Å². The quantitative estimate of drug-likeness (QED) is 0.756. The van der Waals surface area contributed by atoms with E-state index in [0.717, 1.165) is 35.1 Å². The minimum absolute atomic E-state index is 0.163. The molecule has 1 atom stereocenters. The summed E-state index contributed by atoms with van der Waals surface area (Å²) in [6.45, 7) is 10.6. The minimum atomic E-state index is 0.163. The highest BCUT2D eigenvalue weighted by Crippen LogP contribution is 2.34. The summed E-state index contributed by atoms with van der Waals surface area (Å²) in [5, 5.41) is 0. The van der Waals surface area contributed by atoms with Gasteiger partial charge in [-0.15, -0.1) is 0 Å². The highest BCUT2D eigenvalue weighted by molar-refractivity contribution is 9.10. The average Bonchev–Trinajstić information content (AvgIpc) is 2.75. The molecule has 0 bridgehead atoms. The van der Waals surface area contributed by atoms with Crippen molar-refractivity contribution in [1.82, 2.24) is 4.90 Å². The smallest absolute Gasteiger partial charge is 0.253 e. The van der Waals surface area contributed by atoms with Gasteiger partial charge in [-0.2, -0.15) is 0 Å². The molecule has 104 valence electrons. The van der Waals surface area contributed by atoms with Gasteiger partial charge in [-0.3, -0.25) is 4.79 Å². The molecular weight excluding hydrogens is 302 g/mol. The summed E-state index contributed by atoms with van der Waals surface area (Å²) in [7, 11) is 0. The molecule has 1 aliphatic rings. The lowest BCUT2D eigenvalue weighted by Crippen LogP contribution is -2.31. The monoisotopic (exact) mass is 323 g/mol. The van der Waals surface area contributed by atoms with Crippen LogP contribution in [0.4, 0.5) is 0 Å². The van der Waals surface area contributed by atoms with Crippen LogP contribution in [-0.2, 0) is 0 Å². The van der Waals surface area contributed by atoms with E-state index in [1.165, 1.54) is 0 Å². The van der Waals surface area contributed by atoms with Gasteiger partial charge in [-0.1, -0.05) is 36.7 Å². The second kappa shape index (κ2) is 5.28. The van der Waals surface area contributed by atoms with Crippen molar-refractivity contribution in [2.24, 2.45) is 11.3 Å². The van der Waals surface area contributed by atoms with Crippen LogP contribution >= 0.6 is 15.9 Å². The maximum Gasteiger partial charge on any atom is 0.253 e. The summed E-state index contributed by atoms with van der Waals surface area (Å²) in [6.07, 6.45) is 1.11. The summed E-state index contributed by atoms with van der Waals surface area (Å²) in [5.41, 5.74) is 2.19. The third-order valence-electron chi connectivity index (χ3n) is 3.99. The summed E-state index contributed by atoms with van der Waals surface area (Å²) < 4.78 is 0.974. The molecule has 0 radical (unpaired) electrons. The number of benzene rings is 1. The fourth-order valence-corrected chi connectivity index (χ4v) is 3.30. The molecule has 1 fully saturated rings. The first kappa shape index (κ1) is 14.6. The lowest BCUT2D eigenvalue weighted by atomic mass is 9.80. The second-order valence-electron chi connectivity index (χ2n) is 6.62. The Labute approximate surface area is 124 Å². The molecule has 3 heteroatoms. The summed E-state index contributed by atoms with van der Waals surface area (Å²) in [5.74, 6) is 0.765. The van der Waals surface area contributed by atoms with Gasteiger partial charge in [-0.25, -0.2) is 0 Å². The third kappa shape index (κ3) is 3.38. The number of carbonyl (C=O) groups excluding carboxylic acids is 1. The van der Waals surface area contributed by atoms with Crippen LogP contribution in [0.3, 0.4) is 0 Å². The van der Waals surface area contributed by atoms with Crippen LogP contribution in [0.5, 0.6) is 0 Å². The van der Waals surface area contributed by atoms with Gasteiger partial charge >= 0.3 is 0 Å². The molecule has 1 saturated heterocycles. The highest BCUT2D eigenvalue weighted by atomic mass is 79.9. The van der Waals surface area contributed by atoms with Gasteiger partial charge in [0.2, 0.25) is 0 Å². The summed E-state index contributed by atoms with van der Waals surface area (Å²) >= 11 is 3.46. The van der Waals surface area contributed by atoms with E-state index in [4.69, 9.17) is 0 Å². The molecule has 1 amide bonds. The average molecular weight is 324 g/mol. The van der Waals surface area contributed by atoms with Crippen molar-refractivity contribution >= 4 is 21.8 Å². The number of halogens is 1. The normalized spacial score (nSPS) is 19.8. The molecule has 1 aliphatic heterocycles. The number of carbonyl (C=O) groups is 1. The molecule has 0 N–H and O–H groups in total. The fraction of sp³-hybridized carbons (Fsp3) is 0.562. The van der Waals surface area contributed by atoms with E-state index in [1.54, 1.807) is 0 Å². The molecule has 19 heavy (non-hydrogen) atoms. The second-order valence-corrected chi connectivity index (χ2v) is 7.54. The van der Waals surface area contributed by atoms with E-state index in [2.05, 4.69) is 36.7 Å². The SMILES string of the molecule is Cc1cc(Br)cc(C(=O)N2CCC(C(C)(C)C)C2)c1. The standard InChI is InChI=1S/C16H22BrNO/c1-11-7-12(9-14(17)8-11)15(19)18-6-5-13(10-18)16(2,3)4/h7-9,13H,5-6,10H2,1-4H3. The van der Waals surface area contributed by atoms with Crippen molar-refractivity contribution in [3.05, 3.63) is 33.8 Å². The van der Waals surface area contributed by atoms with Crippen molar-refractivity contribution in [3.8, 4) is 0 Å². The van der Waals surface area contributed by atoms with E-state index in [-0.39, 0.29) is 11.3 Å². The van der Waals surface area contributed by atoms with Crippen molar-refractivity contribution in [3.63, 3.8) is 0 Å². The molecule has 1 aromatic carbocycles. The Morgan fingerprint density at radius 1 is 1.32 bits per heavy atom. The largest absolute Gasteiger partial charge is 0.338 e. The molecule has 0 saturated carbocycles. The first-order valence-corrected chi connectivity index (χ1v) is 7.63. The molecule has 0 spiro atoms. The van der Waals surface area contributed by atoms with Crippen LogP contribution < -0.4 is 0 Å².